The number of amides is 3. The van der Waals surface area contributed by atoms with Gasteiger partial charge in [0.15, 0.2) is 0 Å². The van der Waals surface area contributed by atoms with Crippen molar-refractivity contribution in [2.45, 2.75) is 154 Å². The van der Waals surface area contributed by atoms with Crippen LogP contribution in [-0.2, 0) is 102 Å². The zero-order chi connectivity index (χ0) is 89.2. The molecule has 3 amide bonds. The molecule has 0 saturated carbocycles. The molecule has 0 bridgehead atoms. The van der Waals surface area contributed by atoms with E-state index < -0.39 is 66.7 Å². The lowest BCUT2D eigenvalue weighted by Crippen LogP contribution is -2.50. The second-order valence-corrected chi connectivity index (χ2v) is 39.2. The van der Waals surface area contributed by atoms with Gasteiger partial charge >= 0.3 is 12.0 Å². The summed E-state index contributed by atoms with van der Waals surface area (Å²) < 4.78 is 128. The molecule has 1 unspecified atom stereocenters. The highest BCUT2D eigenvalue weighted by atomic mass is 35.5. The summed E-state index contributed by atoms with van der Waals surface area (Å²) in [6, 6.07) is 31.5. The molecule has 3 heterocycles. The Bertz CT molecular complexity index is 4440. The Labute approximate surface area is 754 Å². The number of ketones is 2. The van der Waals surface area contributed by atoms with Gasteiger partial charge in [-0.2, -0.15) is 0 Å². The molecular weight excluding hydrogens is 1760 g/mol. The fourth-order valence-electron chi connectivity index (χ4n) is 15.8. The molecule has 0 spiro atoms. The van der Waals surface area contributed by atoms with Crippen molar-refractivity contribution in [3.63, 3.8) is 0 Å². The molecule has 0 radical (unpaired) electrons. The second-order valence-electron chi connectivity index (χ2n) is 31.8. The lowest BCUT2D eigenvalue weighted by molar-refractivity contribution is -0.144. The van der Waals surface area contributed by atoms with E-state index in [2.05, 4.69) is 50.9 Å². The summed E-state index contributed by atoms with van der Waals surface area (Å²) in [6.45, 7) is 7.45. The summed E-state index contributed by atoms with van der Waals surface area (Å²) in [5.41, 5.74) is 8.63. The van der Waals surface area contributed by atoms with E-state index in [-0.39, 0.29) is 168 Å². The first-order valence-corrected chi connectivity index (χ1v) is 48.4. The van der Waals surface area contributed by atoms with Crippen LogP contribution in [0.25, 0.3) is 0 Å². The van der Waals surface area contributed by atoms with Crippen LogP contribution in [0.15, 0.2) is 124 Å². The average Bonchev–Trinajstić information content (AvgIpc) is 0.778. The van der Waals surface area contributed by atoms with E-state index in [0.29, 0.717) is 142 Å². The van der Waals surface area contributed by atoms with Gasteiger partial charge in [0.1, 0.15) is 24.8 Å². The van der Waals surface area contributed by atoms with Gasteiger partial charge in [-0.1, -0.05) is 113 Å². The first-order valence-electron chi connectivity index (χ1n) is 42.1. The molecule has 6 aromatic rings. The van der Waals surface area contributed by atoms with Crippen LogP contribution in [0.1, 0.15) is 163 Å². The van der Waals surface area contributed by atoms with Crippen molar-refractivity contribution in [2.24, 2.45) is 0 Å². The van der Waals surface area contributed by atoms with Gasteiger partial charge in [-0.05, 0) is 202 Å². The van der Waals surface area contributed by atoms with E-state index in [4.69, 9.17) is 91.2 Å². The number of hydrogen-bond acceptors (Lipinski definition) is 21. The van der Waals surface area contributed by atoms with Crippen LogP contribution in [0, 0.1) is 6.92 Å². The number of aryl methyl sites for hydroxylation is 1. The van der Waals surface area contributed by atoms with Crippen molar-refractivity contribution < 1.29 is 87.5 Å². The van der Waals surface area contributed by atoms with Crippen LogP contribution in [-0.4, -0.2) is 246 Å². The maximum absolute atomic E-state index is 13.6. The monoisotopic (exact) mass is 1880 g/mol. The lowest BCUT2D eigenvalue weighted by Gasteiger charge is -2.36. The number of sulfonamides is 3. The number of fused-ring (bicyclic) bond motifs is 3. The van der Waals surface area contributed by atoms with Crippen LogP contribution in [0.4, 0.5) is 4.79 Å². The molecule has 6 aromatic carbocycles. The van der Waals surface area contributed by atoms with E-state index in [1.807, 2.05) is 64.5 Å². The van der Waals surface area contributed by atoms with Gasteiger partial charge in [-0.3, -0.25) is 14.4 Å². The van der Waals surface area contributed by atoms with Crippen molar-refractivity contribution in [1.82, 2.24) is 44.8 Å². The predicted molar refractivity (Wildman–Crippen MR) is 479 cm³/mol. The van der Waals surface area contributed by atoms with Gasteiger partial charge in [0, 0.05) is 159 Å². The second kappa shape index (κ2) is 51.1. The number of carbonyl (C=O) groups is 5. The summed E-state index contributed by atoms with van der Waals surface area (Å²) in [7, 11) is -5.63. The number of carboxylic acid groups (broad SMARTS) is 1. The van der Waals surface area contributed by atoms with Gasteiger partial charge in [0.2, 0.25) is 36.0 Å². The maximum Gasteiger partial charge on any atom is 0.329 e. The summed E-state index contributed by atoms with van der Waals surface area (Å²) in [5, 5.41) is 20.9. The maximum atomic E-state index is 13.6. The van der Waals surface area contributed by atoms with Gasteiger partial charge in [0.05, 0.1) is 80.8 Å². The third-order valence-corrected chi connectivity index (χ3v) is 27.6. The predicted octanol–water partition coefficient (Wildman–Crippen LogP) is 12.2. The Kier molecular flexibility index (Phi) is 41.8. The number of Topliss-reactive ketones (excluding diaryl/α,β-unsaturated/α-hetero) is 2. The molecular formula is C88H118Cl5N9O19S3. The van der Waals surface area contributed by atoms with Crippen LogP contribution in [0.3, 0.4) is 0 Å². The minimum Gasteiger partial charge on any atom is -0.480 e. The fourth-order valence-corrected chi connectivity index (χ4v) is 20.5. The molecule has 3 aliphatic heterocycles. The molecule has 0 saturated heterocycles. The highest BCUT2D eigenvalue weighted by Crippen LogP contribution is 2.42. The zero-order valence-corrected chi connectivity index (χ0v) is 77.2. The summed E-state index contributed by atoms with van der Waals surface area (Å²) in [6.07, 6.45) is 5.52. The standard InChI is InChI=1S/C88H118Cl5N9O19S3/c1-62-45-73-76(54-100(2)57-79(73)82(91)46-62)63-15-9-22-70(47-63)122(109,110)96-30-36-118-41-39-115-33-12-20-68(103)18-5-7-25-88(99-85(105)60-121-61-86(106)107,26-8-6-19-69(104)21-13-34-116-40-42-119-37-31-97-123(111,112)71-23-10-16-64(48-71)77-55-101(3)58-80-74(77)50-66(89)52-83(80)92)27-14-28-94-87(108)95-29-35-117-43-44-120-38-32-98-124(113,114)72-24-11-17-65(49-72)78-56-102(4)59-81-75(78)51-67(90)53-84(81)93/h9-11,15-17,22-24,45-53,76-78,96-98H,5-8,12-14,18-21,25-44,54-61H2,1-4H3,(H,99,105)(H,106,107)(H2,94,95,108)/t76-,77-,78-,88?/m0/s1. The van der Waals surface area contributed by atoms with Crippen molar-refractivity contribution in [2.75, 3.05) is 166 Å². The van der Waals surface area contributed by atoms with E-state index >= 15 is 0 Å². The molecule has 682 valence electrons. The highest BCUT2D eigenvalue weighted by Gasteiger charge is 2.35. The summed E-state index contributed by atoms with van der Waals surface area (Å²) in [5.74, 6) is -2.11. The number of rotatable bonds is 57. The SMILES string of the molecule is Cc1cc(Cl)c2c(c1)[C@H](c1cccc(S(=O)(=O)NCCOCCOCCCC(=O)CCCCC(CCCCC(=O)CCCOCCOCCNS(=O)(=O)c3cccc([C@@H]4CN(C)Cc5c(Cl)cc(Cl)cc54)c3)(CCCNC(=O)NCCOCCOCCNS(=O)(=O)c3cccc([C@@H]4CN(C)Cc5c(Cl)cc(Cl)cc54)c3)NC(=O)COCC(=O)O)c1)CN(C)C2. The number of nitrogens with one attached hydrogen (secondary N) is 6. The topological polar surface area (TPSA) is 355 Å². The Morgan fingerprint density at radius 1 is 0.411 bits per heavy atom. The number of unbranched alkanes of at least 4 members (excludes halogenated alkanes) is 2. The molecule has 0 aliphatic carbocycles. The minimum atomic E-state index is -3.89. The largest absolute Gasteiger partial charge is 0.480 e. The zero-order valence-electron chi connectivity index (χ0n) is 71.0. The summed E-state index contributed by atoms with van der Waals surface area (Å²) in [4.78, 5) is 71.4. The number of likely N-dealkylation sites (N-methyl/N-ethyl adjacent to an activating group) is 3. The van der Waals surface area contributed by atoms with Crippen LogP contribution in [0.5, 0.6) is 0 Å². The number of urea groups is 1. The Morgan fingerprint density at radius 2 is 0.766 bits per heavy atom. The molecule has 0 aromatic heterocycles. The van der Waals surface area contributed by atoms with E-state index in [9.17, 15) is 54.3 Å². The number of nitrogens with zero attached hydrogens (tertiary/aromatic N) is 3. The number of hydrogen-bond donors (Lipinski definition) is 7. The molecule has 3 aliphatic rings. The highest BCUT2D eigenvalue weighted by molar-refractivity contribution is 7.90. The van der Waals surface area contributed by atoms with E-state index in [1.54, 1.807) is 66.7 Å². The van der Waals surface area contributed by atoms with Crippen LogP contribution >= 0.6 is 58.0 Å². The van der Waals surface area contributed by atoms with Crippen molar-refractivity contribution in [3.05, 3.63) is 190 Å². The molecule has 9 rings (SSSR count). The normalized spacial score (nSPS) is 16.3. The molecule has 28 nitrogen and oxygen atoms in total. The Balaban J connectivity index is 0.677. The number of carbonyl (C=O) groups excluding carboxylic acids is 4. The fraction of sp³-hybridized carbons (Fsp3) is 0.534. The van der Waals surface area contributed by atoms with E-state index in [1.165, 1.54) is 0 Å². The van der Waals surface area contributed by atoms with Crippen molar-refractivity contribution in [1.29, 1.82) is 0 Å². The number of benzene rings is 6. The average molecular weight is 1880 g/mol. The number of carboxylic acids is 1. The molecule has 124 heavy (non-hydrogen) atoms. The third kappa shape index (κ3) is 33.0. The van der Waals surface area contributed by atoms with Gasteiger partial charge in [-0.15, -0.1) is 0 Å². The van der Waals surface area contributed by atoms with E-state index in [0.717, 1.165) is 55.6 Å². The van der Waals surface area contributed by atoms with Gasteiger partial charge in [-0.25, -0.2) is 49.0 Å². The minimum absolute atomic E-state index is 0.0127. The Hall–Kier alpha value is -6.35. The molecule has 36 heteroatoms. The number of halogens is 5. The van der Waals surface area contributed by atoms with Crippen LogP contribution < -0.4 is 30.1 Å². The number of aliphatic carboxylic acids is 1. The molecule has 7 N–H and O–H groups in total. The molecule has 4 atom stereocenters. The van der Waals surface area contributed by atoms with Crippen molar-refractivity contribution in [3.8, 4) is 0 Å². The first kappa shape index (κ1) is 101. The van der Waals surface area contributed by atoms with Gasteiger partial charge < -0.3 is 68.9 Å². The lowest BCUT2D eigenvalue weighted by atomic mass is 9.82. The third-order valence-electron chi connectivity index (χ3n) is 21.8. The molecule has 0 fully saturated rings. The van der Waals surface area contributed by atoms with Crippen molar-refractivity contribution >= 4 is 118 Å². The summed E-state index contributed by atoms with van der Waals surface area (Å²) >= 11 is 32.6. The van der Waals surface area contributed by atoms with Crippen LogP contribution in [0.2, 0.25) is 25.1 Å². The quantitative estimate of drug-likeness (QED) is 0.0174. The smallest absolute Gasteiger partial charge is 0.329 e. The van der Waals surface area contributed by atoms with Gasteiger partial charge in [0.25, 0.3) is 0 Å². The number of ether oxygens (including phenoxy) is 7. The first-order chi connectivity index (χ1) is 59.4. The Morgan fingerprint density at radius 3 is 1.17 bits per heavy atom.